The van der Waals surface area contributed by atoms with Crippen molar-refractivity contribution in [3.05, 3.63) is 207 Å². The molecule has 0 radical (unpaired) electrons. The van der Waals surface area contributed by atoms with Gasteiger partial charge in [0.25, 0.3) is 0 Å². The molecule has 2 unspecified atom stereocenters. The Balaban J connectivity index is 4.29. The van der Waals surface area contributed by atoms with Crippen LogP contribution in [0.15, 0.2) is 207 Å². The fraction of sp³-hybridized carbons (Fsp3) is 0.526. The molecule has 0 aromatic rings. The summed E-state index contributed by atoms with van der Waals surface area (Å²) in [6.07, 6.45) is 102. The molecule has 0 fully saturated rings. The van der Waals surface area contributed by atoms with Crippen LogP contribution >= 0.6 is 7.82 Å². The molecule has 10 heteroatoms. The quantitative estimate of drug-likeness (QED) is 0.0211. The number of esters is 2. The maximum absolute atomic E-state index is 12.9. The zero-order valence-corrected chi connectivity index (χ0v) is 55.3. The lowest BCUT2D eigenvalue weighted by Gasteiger charge is -2.24. The molecule has 1 N–H and O–H groups in total. The first-order chi connectivity index (χ1) is 42.0. The Morgan fingerprint density at radius 3 is 0.930 bits per heavy atom. The molecule has 0 aliphatic heterocycles. The Hall–Kier alpha value is -5.41. The standard InChI is InChI=1S/C76H118NO8P/c1-6-8-10-12-14-16-18-20-22-24-26-28-30-32-34-35-36-37-38-39-40-41-43-45-47-49-51-53-55-57-59-61-63-65-67-69-76(79)85-74(73-84-86(80,81)83-71-70-77(3,4)5)72-82-75(78)68-66-64-62-60-58-56-54-52-50-48-46-44-42-33-31-29-27-25-23-21-19-17-15-13-11-9-7-2/h8-11,14-17,20-23,26-29,32-34,36-37,39-40,42-43,45-46,48-49,51-52,54-55,57,74H,6-7,12-13,18-19,24-25,30-31,35,38,41,44,47,50,53,56,58-73H2,1-5H3/p+1/b10-8-,11-9-,16-14-,17-15-,22-20-,23-21-,28-26-,29-27-,34-32-,37-36-,40-39-,42-33-,45-43-,48-46-,51-49-,54-52-,57-55-. The van der Waals surface area contributed by atoms with Crippen molar-refractivity contribution >= 4 is 19.8 Å². The molecule has 0 heterocycles. The normalized spacial score (nSPS) is 14.5. The third kappa shape index (κ3) is 67.7. The first-order valence-electron chi connectivity index (χ1n) is 32.8. The number of allylic oxidation sites excluding steroid dienone is 34. The summed E-state index contributed by atoms with van der Waals surface area (Å²) >= 11 is 0. The molecule has 0 aliphatic carbocycles. The van der Waals surface area contributed by atoms with Crippen LogP contribution in [0.1, 0.15) is 206 Å². The number of likely N-dealkylation sites (N-methyl/N-ethyl adjacent to an activating group) is 1. The second-order valence-corrected chi connectivity index (χ2v) is 23.5. The molecule has 480 valence electrons. The van der Waals surface area contributed by atoms with Gasteiger partial charge in [0.05, 0.1) is 27.7 Å². The molecule has 86 heavy (non-hydrogen) atoms. The third-order valence-electron chi connectivity index (χ3n) is 12.8. The fourth-order valence-corrected chi connectivity index (χ4v) is 8.59. The minimum Gasteiger partial charge on any atom is -0.462 e. The number of phosphoric acid groups is 1. The highest BCUT2D eigenvalue weighted by molar-refractivity contribution is 7.47. The number of quaternary nitrogens is 1. The van der Waals surface area contributed by atoms with Crippen LogP contribution in [0.5, 0.6) is 0 Å². The number of hydrogen-bond donors (Lipinski definition) is 1. The van der Waals surface area contributed by atoms with Gasteiger partial charge in [0.1, 0.15) is 19.8 Å². The predicted molar refractivity (Wildman–Crippen MR) is 371 cm³/mol. The van der Waals surface area contributed by atoms with Gasteiger partial charge in [-0.3, -0.25) is 18.6 Å². The second-order valence-electron chi connectivity index (χ2n) is 22.0. The zero-order valence-electron chi connectivity index (χ0n) is 54.4. The molecule has 0 aromatic carbocycles. The number of carbonyl (C=O) groups is 2. The van der Waals surface area contributed by atoms with Crippen molar-refractivity contribution in [2.24, 2.45) is 0 Å². The Morgan fingerprint density at radius 2 is 0.628 bits per heavy atom. The number of nitrogens with zero attached hydrogens (tertiary/aromatic N) is 1. The van der Waals surface area contributed by atoms with E-state index in [1.807, 2.05) is 21.1 Å². The van der Waals surface area contributed by atoms with Crippen LogP contribution in [-0.4, -0.2) is 74.9 Å². The van der Waals surface area contributed by atoms with Gasteiger partial charge in [-0.1, -0.05) is 253 Å². The topological polar surface area (TPSA) is 108 Å². The van der Waals surface area contributed by atoms with E-state index in [1.165, 1.54) is 0 Å². The average molecular weight is 1210 g/mol. The van der Waals surface area contributed by atoms with Crippen LogP contribution in [0.25, 0.3) is 0 Å². The maximum Gasteiger partial charge on any atom is 0.472 e. The summed E-state index contributed by atoms with van der Waals surface area (Å²) in [6.45, 7) is 4.11. The molecule has 2 atom stereocenters. The first kappa shape index (κ1) is 80.6. The first-order valence-corrected chi connectivity index (χ1v) is 34.3. The van der Waals surface area contributed by atoms with Crippen molar-refractivity contribution in [3.8, 4) is 0 Å². The van der Waals surface area contributed by atoms with Gasteiger partial charge >= 0.3 is 19.8 Å². The van der Waals surface area contributed by atoms with Gasteiger partial charge in [0.2, 0.25) is 0 Å². The van der Waals surface area contributed by atoms with E-state index in [-0.39, 0.29) is 26.1 Å². The molecule has 0 bridgehead atoms. The highest BCUT2D eigenvalue weighted by Crippen LogP contribution is 2.43. The summed E-state index contributed by atoms with van der Waals surface area (Å²) in [4.78, 5) is 35.8. The molecule has 0 aromatic heterocycles. The van der Waals surface area contributed by atoms with Crippen molar-refractivity contribution in [1.29, 1.82) is 0 Å². The van der Waals surface area contributed by atoms with Crippen molar-refractivity contribution in [2.45, 2.75) is 213 Å². The molecule has 0 spiro atoms. The van der Waals surface area contributed by atoms with Crippen molar-refractivity contribution in [2.75, 3.05) is 47.5 Å². The summed E-state index contributed by atoms with van der Waals surface area (Å²) in [6, 6.07) is 0. The minimum atomic E-state index is -4.42. The Labute approximate surface area is 525 Å². The van der Waals surface area contributed by atoms with E-state index in [9.17, 15) is 19.0 Å². The SMILES string of the molecule is CC/C=C\C/C=C\C/C=C\C/C=C\C/C=C\C/C=C\C/C=C\C/C=C\C/C=C\C/C=C\CCCCCCC(=O)OC(COC(=O)CCCCCCC/C=C\C/C=C\C/C=C\C/C=C\C/C=C\C/C=C\C/C=C\CC)COP(=O)(O)OCC[N+](C)(C)C. The number of carbonyl (C=O) groups excluding carboxylic acids is 2. The summed E-state index contributed by atoms with van der Waals surface area (Å²) in [5, 5.41) is 0. The number of phosphoric ester groups is 1. The Morgan fingerprint density at radius 1 is 0.360 bits per heavy atom. The molecule has 0 aliphatic rings. The molecular weight excluding hydrogens is 1090 g/mol. The summed E-state index contributed by atoms with van der Waals surface area (Å²) in [5.41, 5.74) is 0. The van der Waals surface area contributed by atoms with E-state index >= 15 is 0 Å². The van der Waals surface area contributed by atoms with Crippen molar-refractivity contribution in [1.82, 2.24) is 0 Å². The summed E-state index contributed by atoms with van der Waals surface area (Å²) in [5.74, 6) is -0.869. The van der Waals surface area contributed by atoms with Crippen LogP contribution in [0.2, 0.25) is 0 Å². The van der Waals surface area contributed by atoms with E-state index in [2.05, 4.69) is 220 Å². The maximum atomic E-state index is 12.9. The molecule has 0 saturated heterocycles. The van der Waals surface area contributed by atoms with Crippen LogP contribution < -0.4 is 0 Å². The molecule has 0 saturated carbocycles. The Kier molecular flexibility index (Phi) is 60.0. The zero-order chi connectivity index (χ0) is 62.6. The van der Waals surface area contributed by atoms with E-state index in [0.717, 1.165) is 167 Å². The largest absolute Gasteiger partial charge is 0.472 e. The van der Waals surface area contributed by atoms with Crippen LogP contribution in [0.4, 0.5) is 0 Å². The molecule has 0 amide bonds. The molecule has 9 nitrogen and oxygen atoms in total. The number of rotatable bonds is 57. The van der Waals surface area contributed by atoms with Crippen molar-refractivity contribution < 1.29 is 42.1 Å². The van der Waals surface area contributed by atoms with Gasteiger partial charge in [0, 0.05) is 12.8 Å². The lowest BCUT2D eigenvalue weighted by molar-refractivity contribution is -0.870. The van der Waals surface area contributed by atoms with Crippen LogP contribution in [0, 0.1) is 0 Å². The van der Waals surface area contributed by atoms with Gasteiger partial charge in [-0.05, 0) is 148 Å². The average Bonchev–Trinajstić information content (AvgIpc) is 3.56. The van der Waals surface area contributed by atoms with Crippen LogP contribution in [0.3, 0.4) is 0 Å². The minimum absolute atomic E-state index is 0.00985. The van der Waals surface area contributed by atoms with Crippen LogP contribution in [-0.2, 0) is 32.7 Å². The monoisotopic (exact) mass is 1200 g/mol. The number of hydrogen-bond acceptors (Lipinski definition) is 7. The molecular formula is C76H119NO8P+. The van der Waals surface area contributed by atoms with Gasteiger partial charge in [0.15, 0.2) is 6.10 Å². The highest BCUT2D eigenvalue weighted by atomic mass is 31.2. The van der Waals surface area contributed by atoms with Gasteiger partial charge in [-0.25, -0.2) is 4.57 Å². The predicted octanol–water partition coefficient (Wildman–Crippen LogP) is 21.5. The van der Waals surface area contributed by atoms with E-state index in [1.54, 1.807) is 0 Å². The van der Waals surface area contributed by atoms with E-state index in [0.29, 0.717) is 23.9 Å². The van der Waals surface area contributed by atoms with E-state index in [4.69, 9.17) is 18.5 Å². The van der Waals surface area contributed by atoms with Gasteiger partial charge in [-0.15, -0.1) is 0 Å². The number of unbranched alkanes of at least 4 members (excludes halogenated alkanes) is 9. The van der Waals surface area contributed by atoms with Crippen molar-refractivity contribution in [3.63, 3.8) is 0 Å². The fourth-order valence-electron chi connectivity index (χ4n) is 7.84. The third-order valence-corrected chi connectivity index (χ3v) is 13.8. The Bertz CT molecular complexity index is 2200. The lowest BCUT2D eigenvalue weighted by Crippen LogP contribution is -2.37. The summed E-state index contributed by atoms with van der Waals surface area (Å²) < 4.78 is 34.6. The number of ether oxygens (including phenoxy) is 2. The van der Waals surface area contributed by atoms with Gasteiger partial charge in [-0.2, -0.15) is 0 Å². The summed E-state index contributed by atoms with van der Waals surface area (Å²) in [7, 11) is 1.41. The van der Waals surface area contributed by atoms with E-state index < -0.39 is 32.5 Å². The highest BCUT2D eigenvalue weighted by Gasteiger charge is 2.27. The molecule has 0 rings (SSSR count). The second kappa shape index (κ2) is 64.1. The lowest BCUT2D eigenvalue weighted by atomic mass is 10.1. The van der Waals surface area contributed by atoms with Gasteiger partial charge < -0.3 is 18.9 Å². The smallest absolute Gasteiger partial charge is 0.462 e.